The molecule has 2 aromatic rings. The van der Waals surface area contributed by atoms with Gasteiger partial charge in [0.05, 0.1) is 12.0 Å². The molecular formula is C12H15N3O3S. The average molecular weight is 281 g/mol. The fourth-order valence-electron chi connectivity index (χ4n) is 1.91. The number of fused-ring (bicyclic) bond motifs is 1. The van der Waals surface area contributed by atoms with Gasteiger partial charge in [-0.05, 0) is 19.4 Å². The van der Waals surface area contributed by atoms with Crippen molar-refractivity contribution in [3.63, 3.8) is 0 Å². The highest BCUT2D eigenvalue weighted by molar-refractivity contribution is 7.20. The predicted molar refractivity (Wildman–Crippen MR) is 74.1 cm³/mol. The Bertz CT molecular complexity index is 612. The molecule has 2 aromatic heterocycles. The van der Waals surface area contributed by atoms with Crippen LogP contribution in [0.2, 0.25) is 0 Å². The Kier molecular flexibility index (Phi) is 3.96. The minimum absolute atomic E-state index is 0.0793. The Balaban J connectivity index is 2.47. The minimum Gasteiger partial charge on any atom is -0.477 e. The molecule has 0 unspecified atom stereocenters. The van der Waals surface area contributed by atoms with E-state index in [9.17, 15) is 4.79 Å². The van der Waals surface area contributed by atoms with Crippen LogP contribution in [0.3, 0.4) is 0 Å². The summed E-state index contributed by atoms with van der Waals surface area (Å²) in [4.78, 5) is 20.5. The van der Waals surface area contributed by atoms with E-state index >= 15 is 0 Å². The maximum atomic E-state index is 11.1. The lowest BCUT2D eigenvalue weighted by atomic mass is 10.2. The van der Waals surface area contributed by atoms with Crippen molar-refractivity contribution in [1.82, 2.24) is 9.97 Å². The van der Waals surface area contributed by atoms with E-state index in [-0.39, 0.29) is 6.04 Å². The number of aromatic nitrogens is 2. The fraction of sp³-hybridized carbons (Fsp3) is 0.417. The first-order valence-corrected chi connectivity index (χ1v) is 6.59. The van der Waals surface area contributed by atoms with Gasteiger partial charge >= 0.3 is 5.97 Å². The lowest BCUT2D eigenvalue weighted by Crippen LogP contribution is -2.21. The Labute approximate surface area is 114 Å². The summed E-state index contributed by atoms with van der Waals surface area (Å²) in [6.07, 6.45) is 1.44. The van der Waals surface area contributed by atoms with Gasteiger partial charge in [0.1, 0.15) is 21.9 Å². The standard InChI is InChI=1S/C12H15N3O3S/c1-6(4-18-3)15-10-8-7(2)9(12(16)17)19-11(8)14-5-13-10/h5-6H,4H2,1-3H3,(H,16,17)(H,13,14,15)/t6-/m0/s1. The molecule has 0 radical (unpaired) electrons. The van der Waals surface area contributed by atoms with Crippen LogP contribution < -0.4 is 5.32 Å². The Hall–Kier alpha value is -1.73. The average Bonchev–Trinajstić information content (AvgIpc) is 2.68. The maximum Gasteiger partial charge on any atom is 0.346 e. The number of carboxylic acids is 1. The van der Waals surface area contributed by atoms with E-state index in [1.807, 2.05) is 6.92 Å². The number of carboxylic acid groups (broad SMARTS) is 1. The third-order valence-corrected chi connectivity index (χ3v) is 3.91. The predicted octanol–water partition coefficient (Wildman–Crippen LogP) is 2.14. The summed E-state index contributed by atoms with van der Waals surface area (Å²) in [6, 6.07) is 0.0793. The molecule has 2 heterocycles. The van der Waals surface area contributed by atoms with Crippen molar-refractivity contribution in [3.05, 3.63) is 16.8 Å². The number of aryl methyl sites for hydroxylation is 1. The van der Waals surface area contributed by atoms with Crippen LogP contribution in [0, 0.1) is 6.92 Å². The summed E-state index contributed by atoms with van der Waals surface area (Å²) in [5.74, 6) is -0.285. The third-order valence-electron chi connectivity index (χ3n) is 2.72. The molecule has 0 fully saturated rings. The first-order valence-electron chi connectivity index (χ1n) is 5.77. The van der Waals surface area contributed by atoms with Crippen LogP contribution in [0.1, 0.15) is 22.2 Å². The fourth-order valence-corrected chi connectivity index (χ4v) is 2.90. The molecule has 0 spiro atoms. The summed E-state index contributed by atoms with van der Waals surface area (Å²) in [6.45, 7) is 4.29. The number of anilines is 1. The van der Waals surface area contributed by atoms with E-state index < -0.39 is 5.97 Å². The zero-order valence-electron chi connectivity index (χ0n) is 10.9. The number of methoxy groups -OCH3 is 1. The number of ether oxygens (including phenoxy) is 1. The van der Waals surface area contributed by atoms with Gasteiger partial charge < -0.3 is 15.2 Å². The number of rotatable bonds is 5. The van der Waals surface area contributed by atoms with Crippen LogP contribution >= 0.6 is 11.3 Å². The lowest BCUT2D eigenvalue weighted by molar-refractivity contribution is 0.0701. The molecule has 6 nitrogen and oxygen atoms in total. The van der Waals surface area contributed by atoms with E-state index in [0.717, 1.165) is 16.7 Å². The van der Waals surface area contributed by atoms with Crippen molar-refractivity contribution in [3.8, 4) is 0 Å². The third kappa shape index (κ3) is 2.66. The van der Waals surface area contributed by atoms with Crippen LogP contribution in [0.5, 0.6) is 0 Å². The smallest absolute Gasteiger partial charge is 0.346 e. The van der Waals surface area contributed by atoms with Gasteiger partial charge in [-0.2, -0.15) is 0 Å². The first-order chi connectivity index (χ1) is 9.04. The normalized spacial score (nSPS) is 12.6. The van der Waals surface area contributed by atoms with Crippen molar-refractivity contribution >= 4 is 33.3 Å². The molecule has 7 heteroatoms. The number of aromatic carboxylic acids is 1. The van der Waals surface area contributed by atoms with Crippen molar-refractivity contribution < 1.29 is 14.6 Å². The second-order valence-corrected chi connectivity index (χ2v) is 5.26. The molecule has 0 aliphatic heterocycles. The molecule has 0 aromatic carbocycles. The highest BCUT2D eigenvalue weighted by Crippen LogP contribution is 2.33. The number of nitrogens with one attached hydrogen (secondary N) is 1. The first kappa shape index (κ1) is 13.7. The van der Waals surface area contributed by atoms with Gasteiger partial charge in [-0.3, -0.25) is 0 Å². The summed E-state index contributed by atoms with van der Waals surface area (Å²) in [5, 5.41) is 13.1. The van der Waals surface area contributed by atoms with Crippen LogP contribution in [0.4, 0.5) is 5.82 Å². The number of carbonyl (C=O) groups is 1. The van der Waals surface area contributed by atoms with Gasteiger partial charge in [-0.1, -0.05) is 0 Å². The van der Waals surface area contributed by atoms with Gasteiger partial charge in [-0.25, -0.2) is 14.8 Å². The number of nitrogens with zero attached hydrogens (tertiary/aromatic N) is 2. The lowest BCUT2D eigenvalue weighted by Gasteiger charge is -2.14. The van der Waals surface area contributed by atoms with Crippen LogP contribution in [-0.2, 0) is 4.74 Å². The zero-order chi connectivity index (χ0) is 14.0. The highest BCUT2D eigenvalue weighted by atomic mass is 32.1. The van der Waals surface area contributed by atoms with E-state index in [1.165, 1.54) is 6.33 Å². The second kappa shape index (κ2) is 5.50. The maximum absolute atomic E-state index is 11.1. The van der Waals surface area contributed by atoms with Crippen molar-refractivity contribution in [2.75, 3.05) is 19.0 Å². The summed E-state index contributed by atoms with van der Waals surface area (Å²) < 4.78 is 5.06. The molecule has 1 atom stereocenters. The molecule has 0 amide bonds. The molecule has 19 heavy (non-hydrogen) atoms. The van der Waals surface area contributed by atoms with Crippen LogP contribution in [0.25, 0.3) is 10.2 Å². The highest BCUT2D eigenvalue weighted by Gasteiger charge is 2.19. The van der Waals surface area contributed by atoms with E-state index in [0.29, 0.717) is 27.7 Å². The van der Waals surface area contributed by atoms with Gasteiger partial charge in [0.2, 0.25) is 0 Å². The van der Waals surface area contributed by atoms with E-state index in [1.54, 1.807) is 14.0 Å². The largest absolute Gasteiger partial charge is 0.477 e. The van der Waals surface area contributed by atoms with E-state index in [2.05, 4.69) is 15.3 Å². The minimum atomic E-state index is -0.934. The number of hydrogen-bond acceptors (Lipinski definition) is 6. The second-order valence-electron chi connectivity index (χ2n) is 4.26. The van der Waals surface area contributed by atoms with Crippen LogP contribution in [-0.4, -0.2) is 40.8 Å². The van der Waals surface area contributed by atoms with Gasteiger partial charge in [0, 0.05) is 13.2 Å². The quantitative estimate of drug-likeness (QED) is 0.873. The van der Waals surface area contributed by atoms with E-state index in [4.69, 9.17) is 9.84 Å². The molecule has 102 valence electrons. The summed E-state index contributed by atoms with van der Waals surface area (Å²) in [5.41, 5.74) is 0.695. The molecule has 0 bridgehead atoms. The monoisotopic (exact) mass is 281 g/mol. The molecule has 0 aliphatic rings. The van der Waals surface area contributed by atoms with Crippen molar-refractivity contribution in [2.24, 2.45) is 0 Å². The van der Waals surface area contributed by atoms with Crippen molar-refractivity contribution in [2.45, 2.75) is 19.9 Å². The van der Waals surface area contributed by atoms with Gasteiger partial charge in [0.25, 0.3) is 0 Å². The Morgan fingerprint density at radius 1 is 1.58 bits per heavy atom. The van der Waals surface area contributed by atoms with Gasteiger partial charge in [0.15, 0.2) is 0 Å². The molecule has 2 N–H and O–H groups in total. The Morgan fingerprint density at radius 2 is 2.32 bits per heavy atom. The molecule has 0 saturated heterocycles. The summed E-state index contributed by atoms with van der Waals surface area (Å²) >= 11 is 1.16. The van der Waals surface area contributed by atoms with Crippen LogP contribution in [0.15, 0.2) is 6.33 Å². The van der Waals surface area contributed by atoms with Crippen molar-refractivity contribution in [1.29, 1.82) is 0 Å². The van der Waals surface area contributed by atoms with Gasteiger partial charge in [-0.15, -0.1) is 11.3 Å². The number of hydrogen-bond donors (Lipinski definition) is 2. The zero-order valence-corrected chi connectivity index (χ0v) is 11.7. The number of thiophene rings is 1. The molecule has 0 saturated carbocycles. The topological polar surface area (TPSA) is 84.3 Å². The molecular weight excluding hydrogens is 266 g/mol. The molecule has 2 rings (SSSR count). The summed E-state index contributed by atoms with van der Waals surface area (Å²) in [7, 11) is 1.63. The molecule has 0 aliphatic carbocycles. The Morgan fingerprint density at radius 3 is 2.95 bits per heavy atom. The SMILES string of the molecule is COC[C@H](C)Nc1ncnc2sc(C(=O)O)c(C)c12.